The molecule has 0 saturated heterocycles. The number of aryl methyl sites for hydroxylation is 1. The molecule has 0 amide bonds. The molecular weight excluding hydrogens is 195 g/mol. The Balaban J connectivity index is 2.91. The minimum absolute atomic E-state index is 1.04. The summed E-state index contributed by atoms with van der Waals surface area (Å²) in [6.07, 6.45) is 1.04. The Morgan fingerprint density at radius 3 is 2.64 bits per heavy atom. The van der Waals surface area contributed by atoms with Crippen LogP contribution in [-0.2, 0) is 6.42 Å². The summed E-state index contributed by atoms with van der Waals surface area (Å²) in [4.78, 5) is 0. The first-order valence-electron chi connectivity index (χ1n) is 3.51. The summed E-state index contributed by atoms with van der Waals surface area (Å²) in [6.45, 7) is 2.12. The fraction of sp³-hybridized carbons (Fsp3) is 0.250. The Morgan fingerprint density at radius 2 is 2.09 bits per heavy atom. The van der Waals surface area contributed by atoms with Gasteiger partial charge in [0.15, 0.2) is 0 Å². The highest BCUT2D eigenvalue weighted by atomic mass is 35.7. The van der Waals surface area contributed by atoms with Gasteiger partial charge in [0, 0.05) is 0 Å². The lowest BCUT2D eigenvalue weighted by Crippen LogP contribution is -2.17. The second-order valence-electron chi connectivity index (χ2n) is 2.31. The Hall–Kier alpha value is 0.0169. The molecule has 0 unspecified atom stereocenters. The van der Waals surface area contributed by atoms with Crippen molar-refractivity contribution in [1.29, 1.82) is 0 Å². The van der Waals surface area contributed by atoms with Crippen molar-refractivity contribution in [3.8, 4) is 0 Å². The third-order valence-electron chi connectivity index (χ3n) is 1.55. The Morgan fingerprint density at radius 1 is 1.36 bits per heavy atom. The van der Waals surface area contributed by atoms with Crippen LogP contribution in [0.3, 0.4) is 0 Å². The molecule has 1 aromatic rings. The van der Waals surface area contributed by atoms with Crippen molar-refractivity contribution in [1.82, 2.24) is 0 Å². The van der Waals surface area contributed by atoms with E-state index in [-0.39, 0.29) is 0 Å². The first kappa shape index (κ1) is 9.11. The van der Waals surface area contributed by atoms with Crippen LogP contribution in [0.4, 0.5) is 0 Å². The number of hydrogen-bond acceptors (Lipinski definition) is 0. The summed E-state index contributed by atoms with van der Waals surface area (Å²) in [5.41, 5.74) is 1.30. The molecule has 0 saturated carbocycles. The largest absolute Gasteiger partial charge is 0.307 e. The maximum absolute atomic E-state index is 5.80. The van der Waals surface area contributed by atoms with E-state index in [1.54, 1.807) is 0 Å². The zero-order chi connectivity index (χ0) is 8.27. The van der Waals surface area contributed by atoms with Gasteiger partial charge in [0.2, 0.25) is 0 Å². The van der Waals surface area contributed by atoms with Gasteiger partial charge < -0.3 is 0 Å². The molecule has 0 heterocycles. The van der Waals surface area contributed by atoms with E-state index >= 15 is 0 Å². The fourth-order valence-corrected chi connectivity index (χ4v) is 2.13. The van der Waals surface area contributed by atoms with Crippen LogP contribution >= 0.6 is 22.2 Å². The minimum atomic E-state index is -1.30. The van der Waals surface area contributed by atoms with Crippen LogP contribution in [0.1, 0.15) is 12.5 Å². The van der Waals surface area contributed by atoms with Gasteiger partial charge in [-0.3, -0.25) is 0 Å². The Labute approximate surface area is 78.2 Å². The third-order valence-corrected chi connectivity index (χ3v) is 3.61. The summed E-state index contributed by atoms with van der Waals surface area (Å²) in [7, 11) is -1.30. The summed E-state index contributed by atoms with van der Waals surface area (Å²) in [5.74, 6) is 0. The maximum atomic E-state index is 5.80. The molecule has 1 aromatic carbocycles. The smallest absolute Gasteiger partial charge is 0.140 e. The highest BCUT2D eigenvalue weighted by molar-refractivity contribution is 7.39. The van der Waals surface area contributed by atoms with E-state index in [2.05, 4.69) is 19.1 Å². The lowest BCUT2D eigenvalue weighted by molar-refractivity contribution is 1.14. The van der Waals surface area contributed by atoms with Gasteiger partial charge in [-0.15, -0.1) is 22.2 Å². The minimum Gasteiger partial charge on any atom is -0.140 e. The van der Waals surface area contributed by atoms with Gasteiger partial charge in [0.1, 0.15) is 0 Å². The van der Waals surface area contributed by atoms with Gasteiger partial charge in [0.25, 0.3) is 0 Å². The van der Waals surface area contributed by atoms with Crippen molar-refractivity contribution >= 4 is 34.8 Å². The van der Waals surface area contributed by atoms with E-state index in [1.807, 2.05) is 12.1 Å². The summed E-state index contributed by atoms with van der Waals surface area (Å²) in [6, 6.07) is 8.15. The molecule has 0 spiro atoms. The predicted octanol–water partition coefficient (Wildman–Crippen LogP) is 2.42. The monoisotopic (exact) mass is 203 g/mol. The lowest BCUT2D eigenvalue weighted by atomic mass is 10.2. The van der Waals surface area contributed by atoms with Crippen LogP contribution in [0, 0.1) is 0 Å². The molecule has 0 aliphatic carbocycles. The average molecular weight is 204 g/mol. The second kappa shape index (κ2) is 4.15. The molecule has 3 heteroatoms. The average Bonchev–Trinajstić information content (AvgIpc) is 2.05. The highest BCUT2D eigenvalue weighted by Gasteiger charge is 2.06. The van der Waals surface area contributed by atoms with Crippen LogP contribution in [0.2, 0.25) is 0 Å². The van der Waals surface area contributed by atoms with E-state index in [1.165, 1.54) is 5.56 Å². The van der Waals surface area contributed by atoms with Gasteiger partial charge in [-0.1, -0.05) is 31.2 Å². The third kappa shape index (κ3) is 2.51. The SMILES string of the molecule is CCc1cccc([Si](Cl)Cl)c1. The van der Waals surface area contributed by atoms with Crippen molar-refractivity contribution < 1.29 is 0 Å². The van der Waals surface area contributed by atoms with Gasteiger partial charge >= 0.3 is 7.42 Å². The predicted molar refractivity (Wildman–Crippen MR) is 52.9 cm³/mol. The van der Waals surface area contributed by atoms with Gasteiger partial charge in [0.05, 0.1) is 0 Å². The van der Waals surface area contributed by atoms with Crippen LogP contribution in [-0.4, -0.2) is 7.42 Å². The van der Waals surface area contributed by atoms with E-state index in [0.717, 1.165) is 11.6 Å². The van der Waals surface area contributed by atoms with E-state index in [9.17, 15) is 0 Å². The number of rotatable bonds is 2. The van der Waals surface area contributed by atoms with Gasteiger partial charge in [-0.05, 0) is 17.2 Å². The zero-order valence-corrected chi connectivity index (χ0v) is 8.78. The molecule has 11 heavy (non-hydrogen) atoms. The van der Waals surface area contributed by atoms with E-state index in [4.69, 9.17) is 22.2 Å². The Bertz CT molecular complexity index is 235. The molecule has 0 N–H and O–H groups in total. The summed E-state index contributed by atoms with van der Waals surface area (Å²) < 4.78 is 0. The van der Waals surface area contributed by atoms with Crippen LogP contribution in [0.15, 0.2) is 24.3 Å². The molecule has 0 fully saturated rings. The molecule has 0 aromatic heterocycles. The van der Waals surface area contributed by atoms with Crippen molar-refractivity contribution in [2.75, 3.05) is 0 Å². The van der Waals surface area contributed by atoms with Gasteiger partial charge in [-0.25, -0.2) is 0 Å². The van der Waals surface area contributed by atoms with Crippen molar-refractivity contribution in [3.05, 3.63) is 29.8 Å². The molecule has 0 aliphatic rings. The first-order valence-corrected chi connectivity index (χ1v) is 7.03. The summed E-state index contributed by atoms with van der Waals surface area (Å²) >= 11 is 11.6. The van der Waals surface area contributed by atoms with Crippen molar-refractivity contribution in [2.24, 2.45) is 0 Å². The molecule has 0 atom stereocenters. The van der Waals surface area contributed by atoms with Crippen molar-refractivity contribution in [3.63, 3.8) is 0 Å². The number of halogens is 2. The Kier molecular flexibility index (Phi) is 3.43. The molecule has 59 valence electrons. The van der Waals surface area contributed by atoms with Crippen molar-refractivity contribution in [2.45, 2.75) is 13.3 Å². The van der Waals surface area contributed by atoms with Crippen LogP contribution in [0.5, 0.6) is 0 Å². The maximum Gasteiger partial charge on any atom is 0.307 e. The molecule has 1 radical (unpaired) electrons. The van der Waals surface area contributed by atoms with E-state index < -0.39 is 7.42 Å². The quantitative estimate of drug-likeness (QED) is 0.512. The molecule has 0 aliphatic heterocycles. The topological polar surface area (TPSA) is 0 Å². The first-order chi connectivity index (χ1) is 5.24. The molecule has 0 nitrogen and oxygen atoms in total. The van der Waals surface area contributed by atoms with Gasteiger partial charge in [-0.2, -0.15) is 0 Å². The lowest BCUT2D eigenvalue weighted by Gasteiger charge is -2.00. The summed E-state index contributed by atoms with van der Waals surface area (Å²) in [5, 5.41) is 1.08. The molecule has 1 rings (SSSR count). The zero-order valence-electron chi connectivity index (χ0n) is 6.27. The number of hydrogen-bond donors (Lipinski definition) is 0. The molecule has 0 bridgehead atoms. The van der Waals surface area contributed by atoms with Crippen LogP contribution in [0.25, 0.3) is 0 Å². The molecular formula is C8H9Cl2Si. The standard InChI is InChI=1S/C8H9Cl2Si/c1-2-7-4-3-5-8(6-7)11(9)10/h3-6H,2H2,1H3. The second-order valence-corrected chi connectivity index (χ2v) is 6.26. The fourth-order valence-electron chi connectivity index (χ4n) is 0.909. The van der Waals surface area contributed by atoms with Crippen LogP contribution < -0.4 is 5.19 Å². The number of benzene rings is 1. The highest BCUT2D eigenvalue weighted by Crippen LogP contribution is 2.02. The normalized spacial score (nSPS) is 10.5. The van der Waals surface area contributed by atoms with E-state index in [0.29, 0.717) is 0 Å².